The summed E-state index contributed by atoms with van der Waals surface area (Å²) in [5.41, 5.74) is 7.01. The Labute approximate surface area is 121 Å². The number of pyridine rings is 1. The van der Waals surface area contributed by atoms with Gasteiger partial charge in [-0.15, -0.1) is 0 Å². The van der Waals surface area contributed by atoms with E-state index in [-0.39, 0.29) is 13.2 Å². The minimum atomic E-state index is -0.409. The largest absolute Gasteiger partial charge is 0.493 e. The monoisotopic (exact) mass is 296 g/mol. The molecule has 106 valence electrons. The summed E-state index contributed by atoms with van der Waals surface area (Å²) in [6, 6.07) is 4.71. The van der Waals surface area contributed by atoms with Crippen LogP contribution in [-0.2, 0) is 13.2 Å². The number of halogens is 2. The van der Waals surface area contributed by atoms with Crippen molar-refractivity contribution in [2.45, 2.75) is 13.2 Å². The Balaban J connectivity index is 2.24. The summed E-state index contributed by atoms with van der Waals surface area (Å²) in [6.45, 7) is 0.420. The number of hydrogen-bond donors (Lipinski definition) is 1. The highest BCUT2D eigenvalue weighted by Crippen LogP contribution is 2.35. The first-order chi connectivity index (χ1) is 9.63. The zero-order chi connectivity index (χ0) is 14.5. The lowest BCUT2D eigenvalue weighted by molar-refractivity contribution is 0.280. The molecule has 0 saturated carbocycles. The van der Waals surface area contributed by atoms with Gasteiger partial charge in [0.15, 0.2) is 11.5 Å². The van der Waals surface area contributed by atoms with Crippen molar-refractivity contribution in [1.82, 2.24) is 4.98 Å². The van der Waals surface area contributed by atoms with Crippen molar-refractivity contribution in [3.05, 3.63) is 52.6 Å². The molecule has 0 fully saturated rings. The van der Waals surface area contributed by atoms with E-state index in [1.807, 2.05) is 0 Å². The lowest BCUT2D eigenvalue weighted by atomic mass is 10.2. The van der Waals surface area contributed by atoms with Crippen molar-refractivity contribution in [2.24, 2.45) is 5.73 Å². The van der Waals surface area contributed by atoms with Crippen molar-refractivity contribution < 1.29 is 13.9 Å². The van der Waals surface area contributed by atoms with Crippen LogP contribution in [0.5, 0.6) is 11.5 Å². The molecule has 0 saturated heterocycles. The summed E-state index contributed by atoms with van der Waals surface area (Å²) in [7, 11) is 1.52. The van der Waals surface area contributed by atoms with Crippen LogP contribution in [0.4, 0.5) is 4.39 Å². The Morgan fingerprint density at radius 2 is 2.10 bits per heavy atom. The molecule has 0 aliphatic heterocycles. The fraction of sp³-hybridized carbons (Fsp3) is 0.214. The molecular weight excluding hydrogens is 283 g/mol. The van der Waals surface area contributed by atoms with Crippen LogP contribution in [0, 0.1) is 5.82 Å². The van der Waals surface area contributed by atoms with Crippen LogP contribution < -0.4 is 15.2 Å². The Morgan fingerprint density at radius 1 is 1.30 bits per heavy atom. The molecule has 6 heteroatoms. The van der Waals surface area contributed by atoms with Gasteiger partial charge in [0.05, 0.1) is 13.3 Å². The molecule has 0 aliphatic rings. The number of nitrogens with two attached hydrogens (primary N) is 1. The van der Waals surface area contributed by atoms with Gasteiger partial charge >= 0.3 is 0 Å². The molecule has 2 rings (SSSR count). The average Bonchev–Trinajstić information content (AvgIpc) is 2.45. The molecule has 0 amide bonds. The predicted molar refractivity (Wildman–Crippen MR) is 74.4 cm³/mol. The van der Waals surface area contributed by atoms with Gasteiger partial charge in [-0.3, -0.25) is 4.98 Å². The van der Waals surface area contributed by atoms with E-state index >= 15 is 0 Å². The molecule has 0 unspecified atom stereocenters. The fourth-order valence-corrected chi connectivity index (χ4v) is 2.01. The van der Waals surface area contributed by atoms with Crippen LogP contribution >= 0.6 is 11.6 Å². The van der Waals surface area contributed by atoms with Crippen molar-refractivity contribution in [1.29, 1.82) is 0 Å². The van der Waals surface area contributed by atoms with E-state index in [2.05, 4.69) is 4.98 Å². The van der Waals surface area contributed by atoms with E-state index in [0.717, 1.165) is 11.8 Å². The smallest absolute Gasteiger partial charge is 0.166 e. The number of methoxy groups -OCH3 is 1. The Morgan fingerprint density at radius 3 is 2.75 bits per heavy atom. The number of ether oxygens (including phenoxy) is 2. The second kappa shape index (κ2) is 6.54. The highest BCUT2D eigenvalue weighted by molar-refractivity contribution is 6.30. The summed E-state index contributed by atoms with van der Waals surface area (Å²) < 4.78 is 24.0. The standard InChI is InChI=1S/C14H14ClFN2O2/c1-19-13-4-11(15)3-10(5-17)14(13)20-8-9-2-12(16)7-18-6-9/h2-4,6-7H,5,8,17H2,1H3. The maximum absolute atomic E-state index is 13.1. The zero-order valence-electron chi connectivity index (χ0n) is 10.9. The maximum atomic E-state index is 13.1. The molecule has 1 aromatic carbocycles. The molecule has 1 aromatic heterocycles. The Bertz CT molecular complexity index is 582. The van der Waals surface area contributed by atoms with Crippen molar-refractivity contribution in [2.75, 3.05) is 7.11 Å². The van der Waals surface area contributed by atoms with E-state index in [9.17, 15) is 4.39 Å². The molecule has 0 aliphatic carbocycles. The summed E-state index contributed by atoms with van der Waals surface area (Å²) in [6.07, 6.45) is 2.67. The van der Waals surface area contributed by atoms with Crippen LogP contribution in [0.1, 0.15) is 11.1 Å². The molecule has 0 atom stereocenters. The van der Waals surface area contributed by atoms with E-state index < -0.39 is 5.82 Å². The van der Waals surface area contributed by atoms with Gasteiger partial charge in [-0.2, -0.15) is 0 Å². The summed E-state index contributed by atoms with van der Waals surface area (Å²) >= 11 is 5.97. The van der Waals surface area contributed by atoms with Gasteiger partial charge in [-0.1, -0.05) is 11.6 Å². The lowest BCUT2D eigenvalue weighted by Gasteiger charge is -2.15. The number of nitrogens with zero attached hydrogens (tertiary/aromatic N) is 1. The van der Waals surface area contributed by atoms with E-state index in [4.69, 9.17) is 26.8 Å². The van der Waals surface area contributed by atoms with Crippen LogP contribution in [0.2, 0.25) is 5.02 Å². The lowest BCUT2D eigenvalue weighted by Crippen LogP contribution is -2.05. The van der Waals surface area contributed by atoms with Gasteiger partial charge in [0.25, 0.3) is 0 Å². The number of hydrogen-bond acceptors (Lipinski definition) is 4. The minimum absolute atomic E-state index is 0.162. The predicted octanol–water partition coefficient (Wildman–Crippen LogP) is 2.92. The van der Waals surface area contributed by atoms with E-state index in [1.165, 1.54) is 19.4 Å². The van der Waals surface area contributed by atoms with Gasteiger partial charge in [-0.05, 0) is 12.1 Å². The van der Waals surface area contributed by atoms with Crippen LogP contribution in [-0.4, -0.2) is 12.1 Å². The highest BCUT2D eigenvalue weighted by atomic mass is 35.5. The summed E-state index contributed by atoms with van der Waals surface area (Å²) in [4.78, 5) is 3.76. The second-order valence-corrected chi connectivity index (χ2v) is 4.54. The van der Waals surface area contributed by atoms with Crippen LogP contribution in [0.15, 0.2) is 30.6 Å². The van der Waals surface area contributed by atoms with E-state index in [0.29, 0.717) is 22.1 Å². The van der Waals surface area contributed by atoms with Crippen molar-refractivity contribution in [3.63, 3.8) is 0 Å². The van der Waals surface area contributed by atoms with Gasteiger partial charge in [0.2, 0.25) is 0 Å². The van der Waals surface area contributed by atoms with Gasteiger partial charge < -0.3 is 15.2 Å². The van der Waals surface area contributed by atoms with Crippen molar-refractivity contribution >= 4 is 11.6 Å². The highest BCUT2D eigenvalue weighted by Gasteiger charge is 2.12. The number of rotatable bonds is 5. The average molecular weight is 297 g/mol. The molecule has 0 spiro atoms. The summed E-state index contributed by atoms with van der Waals surface area (Å²) in [5, 5.41) is 0.516. The SMILES string of the molecule is COc1cc(Cl)cc(CN)c1OCc1cncc(F)c1. The first kappa shape index (κ1) is 14.6. The van der Waals surface area contributed by atoms with E-state index in [1.54, 1.807) is 12.1 Å². The first-order valence-corrected chi connectivity index (χ1v) is 6.30. The normalized spacial score (nSPS) is 10.4. The fourth-order valence-electron chi connectivity index (χ4n) is 1.78. The quantitative estimate of drug-likeness (QED) is 0.921. The molecule has 1 heterocycles. The molecule has 2 N–H and O–H groups in total. The third-order valence-corrected chi connectivity index (χ3v) is 2.90. The third-order valence-electron chi connectivity index (χ3n) is 2.68. The van der Waals surface area contributed by atoms with Gasteiger partial charge in [0, 0.05) is 35.0 Å². The molecule has 20 heavy (non-hydrogen) atoms. The van der Waals surface area contributed by atoms with Gasteiger partial charge in [0.1, 0.15) is 12.4 Å². The third kappa shape index (κ3) is 3.37. The van der Waals surface area contributed by atoms with Crippen LogP contribution in [0.3, 0.4) is 0 Å². The Hall–Kier alpha value is -1.85. The number of aromatic nitrogens is 1. The minimum Gasteiger partial charge on any atom is -0.493 e. The molecular formula is C14H14ClFN2O2. The van der Waals surface area contributed by atoms with Gasteiger partial charge in [-0.25, -0.2) is 4.39 Å². The molecule has 4 nitrogen and oxygen atoms in total. The van der Waals surface area contributed by atoms with Crippen LogP contribution in [0.25, 0.3) is 0 Å². The maximum Gasteiger partial charge on any atom is 0.166 e. The summed E-state index contributed by atoms with van der Waals surface area (Å²) in [5.74, 6) is 0.583. The zero-order valence-corrected chi connectivity index (χ0v) is 11.7. The molecule has 0 bridgehead atoms. The molecule has 2 aromatic rings. The number of benzene rings is 1. The second-order valence-electron chi connectivity index (χ2n) is 4.10. The van der Waals surface area contributed by atoms with Crippen molar-refractivity contribution in [3.8, 4) is 11.5 Å². The molecule has 0 radical (unpaired) electrons. The first-order valence-electron chi connectivity index (χ1n) is 5.92. The topological polar surface area (TPSA) is 57.4 Å². The Kier molecular flexibility index (Phi) is 4.76.